The topological polar surface area (TPSA) is 61.8 Å². The van der Waals surface area contributed by atoms with Gasteiger partial charge in [0, 0.05) is 12.5 Å². The van der Waals surface area contributed by atoms with E-state index < -0.39 is 0 Å². The molecule has 0 spiro atoms. The molecule has 2 atom stereocenters. The van der Waals surface area contributed by atoms with Gasteiger partial charge in [0.25, 0.3) is 0 Å². The Labute approximate surface area is 105 Å². The van der Waals surface area contributed by atoms with Crippen LogP contribution in [0.3, 0.4) is 0 Å². The summed E-state index contributed by atoms with van der Waals surface area (Å²) in [6.45, 7) is 3.48. The number of hydrogen-bond acceptors (Lipinski definition) is 3. The zero-order chi connectivity index (χ0) is 12.7. The molecule has 1 aliphatic carbocycles. The standard InChI is InChI=1S/C13H27N3O/c1-11-6-5-7-12(10-11)16(2)9-4-3-8-13(14)15-17/h11-12,17H,3-10H2,1-2H3,(H2,14,15). The summed E-state index contributed by atoms with van der Waals surface area (Å²) in [5.41, 5.74) is 5.44. The zero-order valence-corrected chi connectivity index (χ0v) is 11.2. The first-order valence-electron chi connectivity index (χ1n) is 6.80. The Bertz CT molecular complexity index is 243. The van der Waals surface area contributed by atoms with Gasteiger partial charge in [-0.05, 0) is 45.2 Å². The van der Waals surface area contributed by atoms with E-state index in [2.05, 4.69) is 24.0 Å². The lowest BCUT2D eigenvalue weighted by Crippen LogP contribution is -2.36. The third-order valence-electron chi connectivity index (χ3n) is 3.85. The Morgan fingerprint density at radius 2 is 2.18 bits per heavy atom. The Morgan fingerprint density at radius 1 is 1.41 bits per heavy atom. The Balaban J connectivity index is 2.13. The molecule has 100 valence electrons. The highest BCUT2D eigenvalue weighted by molar-refractivity contribution is 5.79. The van der Waals surface area contributed by atoms with E-state index >= 15 is 0 Å². The summed E-state index contributed by atoms with van der Waals surface area (Å²) >= 11 is 0. The zero-order valence-electron chi connectivity index (χ0n) is 11.2. The second-order valence-corrected chi connectivity index (χ2v) is 5.45. The molecule has 3 N–H and O–H groups in total. The average molecular weight is 241 g/mol. The van der Waals surface area contributed by atoms with Crippen molar-refractivity contribution in [2.75, 3.05) is 13.6 Å². The highest BCUT2D eigenvalue weighted by Gasteiger charge is 2.21. The maximum Gasteiger partial charge on any atom is 0.139 e. The van der Waals surface area contributed by atoms with E-state index in [0.717, 1.165) is 31.3 Å². The van der Waals surface area contributed by atoms with Crippen molar-refractivity contribution in [3.05, 3.63) is 0 Å². The van der Waals surface area contributed by atoms with Crippen LogP contribution in [0.5, 0.6) is 0 Å². The second kappa shape index (κ2) is 7.54. The van der Waals surface area contributed by atoms with E-state index in [1.165, 1.54) is 25.7 Å². The van der Waals surface area contributed by atoms with E-state index in [1.807, 2.05) is 0 Å². The lowest BCUT2D eigenvalue weighted by atomic mass is 9.86. The normalized spacial score (nSPS) is 26.4. The molecule has 17 heavy (non-hydrogen) atoms. The Kier molecular flexibility index (Phi) is 6.34. The van der Waals surface area contributed by atoms with Crippen molar-refractivity contribution < 1.29 is 5.21 Å². The summed E-state index contributed by atoms with van der Waals surface area (Å²) < 4.78 is 0. The number of rotatable bonds is 6. The highest BCUT2D eigenvalue weighted by atomic mass is 16.4. The van der Waals surface area contributed by atoms with E-state index in [1.54, 1.807) is 0 Å². The Morgan fingerprint density at radius 3 is 2.82 bits per heavy atom. The minimum Gasteiger partial charge on any atom is -0.409 e. The van der Waals surface area contributed by atoms with Crippen LogP contribution >= 0.6 is 0 Å². The third-order valence-corrected chi connectivity index (χ3v) is 3.85. The van der Waals surface area contributed by atoms with Crippen LogP contribution in [-0.4, -0.2) is 35.6 Å². The lowest BCUT2D eigenvalue weighted by Gasteiger charge is -2.34. The van der Waals surface area contributed by atoms with Gasteiger partial charge in [0.05, 0.1) is 0 Å². The molecule has 4 heteroatoms. The first kappa shape index (κ1) is 14.3. The van der Waals surface area contributed by atoms with E-state index in [4.69, 9.17) is 10.9 Å². The number of nitrogens with two attached hydrogens (primary N) is 1. The minimum absolute atomic E-state index is 0.346. The van der Waals surface area contributed by atoms with Gasteiger partial charge in [0.15, 0.2) is 0 Å². The van der Waals surface area contributed by atoms with E-state index in [0.29, 0.717) is 12.3 Å². The van der Waals surface area contributed by atoms with Crippen LogP contribution < -0.4 is 5.73 Å². The van der Waals surface area contributed by atoms with Crippen molar-refractivity contribution >= 4 is 5.84 Å². The number of unbranched alkanes of at least 4 members (excludes halogenated alkanes) is 1. The fourth-order valence-corrected chi connectivity index (χ4v) is 2.70. The Hall–Kier alpha value is -0.770. The van der Waals surface area contributed by atoms with Crippen molar-refractivity contribution in [1.29, 1.82) is 0 Å². The van der Waals surface area contributed by atoms with Gasteiger partial charge < -0.3 is 15.8 Å². The molecule has 1 rings (SSSR count). The number of nitrogens with zero attached hydrogens (tertiary/aromatic N) is 2. The van der Waals surface area contributed by atoms with Crippen LogP contribution in [0.15, 0.2) is 5.16 Å². The van der Waals surface area contributed by atoms with Crippen LogP contribution in [-0.2, 0) is 0 Å². The summed E-state index contributed by atoms with van der Waals surface area (Å²) in [6, 6.07) is 0.766. The summed E-state index contributed by atoms with van der Waals surface area (Å²) in [6.07, 6.45) is 8.29. The predicted molar refractivity (Wildman–Crippen MR) is 71.3 cm³/mol. The van der Waals surface area contributed by atoms with Crippen LogP contribution in [0, 0.1) is 5.92 Å². The molecule has 1 aliphatic rings. The second-order valence-electron chi connectivity index (χ2n) is 5.45. The molecular formula is C13H27N3O. The smallest absolute Gasteiger partial charge is 0.139 e. The van der Waals surface area contributed by atoms with E-state index in [9.17, 15) is 0 Å². The first-order valence-corrected chi connectivity index (χ1v) is 6.80. The van der Waals surface area contributed by atoms with Crippen LogP contribution in [0.4, 0.5) is 0 Å². The molecule has 0 aromatic carbocycles. The molecule has 4 nitrogen and oxygen atoms in total. The van der Waals surface area contributed by atoms with Gasteiger partial charge in [-0.2, -0.15) is 0 Å². The molecule has 1 fully saturated rings. The minimum atomic E-state index is 0.346. The largest absolute Gasteiger partial charge is 0.409 e. The molecule has 0 radical (unpaired) electrons. The fraction of sp³-hybridized carbons (Fsp3) is 0.923. The third kappa shape index (κ3) is 5.39. The molecule has 0 aliphatic heterocycles. The van der Waals surface area contributed by atoms with Crippen LogP contribution in [0.1, 0.15) is 51.9 Å². The highest BCUT2D eigenvalue weighted by Crippen LogP contribution is 2.26. The van der Waals surface area contributed by atoms with Gasteiger partial charge in [-0.25, -0.2) is 0 Å². The first-order chi connectivity index (χ1) is 8.13. The van der Waals surface area contributed by atoms with Crippen molar-refractivity contribution in [2.24, 2.45) is 16.8 Å². The molecule has 2 unspecified atom stereocenters. The summed E-state index contributed by atoms with van der Waals surface area (Å²) in [4.78, 5) is 2.49. The van der Waals surface area contributed by atoms with E-state index in [-0.39, 0.29) is 0 Å². The number of amidine groups is 1. The fourth-order valence-electron chi connectivity index (χ4n) is 2.70. The molecule has 0 heterocycles. The number of oxime groups is 1. The molecule has 0 aromatic heterocycles. The maximum absolute atomic E-state index is 8.43. The molecule has 0 bridgehead atoms. The molecule has 0 aromatic rings. The lowest BCUT2D eigenvalue weighted by molar-refractivity contribution is 0.162. The summed E-state index contributed by atoms with van der Waals surface area (Å²) in [7, 11) is 2.23. The quantitative estimate of drug-likeness (QED) is 0.247. The van der Waals surface area contributed by atoms with Gasteiger partial charge in [-0.3, -0.25) is 0 Å². The molecule has 1 saturated carbocycles. The molecule has 0 saturated heterocycles. The average Bonchev–Trinajstić information content (AvgIpc) is 2.34. The van der Waals surface area contributed by atoms with Crippen LogP contribution in [0.2, 0.25) is 0 Å². The molecule has 0 amide bonds. The summed E-state index contributed by atoms with van der Waals surface area (Å²) in [5, 5.41) is 11.4. The summed E-state index contributed by atoms with van der Waals surface area (Å²) in [5.74, 6) is 1.23. The van der Waals surface area contributed by atoms with Gasteiger partial charge in [0.2, 0.25) is 0 Å². The SMILES string of the molecule is CC1CCCC(N(C)CCCCC(N)=NO)C1. The van der Waals surface area contributed by atoms with Crippen LogP contribution in [0.25, 0.3) is 0 Å². The van der Waals surface area contributed by atoms with Crippen molar-refractivity contribution in [2.45, 2.75) is 57.9 Å². The predicted octanol–water partition coefficient (Wildman–Crippen LogP) is 2.41. The van der Waals surface area contributed by atoms with Crippen molar-refractivity contribution in [1.82, 2.24) is 4.90 Å². The maximum atomic E-state index is 8.43. The van der Waals surface area contributed by atoms with Gasteiger partial charge in [-0.15, -0.1) is 0 Å². The molecular weight excluding hydrogens is 214 g/mol. The van der Waals surface area contributed by atoms with Gasteiger partial charge in [-0.1, -0.05) is 24.9 Å². The van der Waals surface area contributed by atoms with Gasteiger partial charge in [0.1, 0.15) is 5.84 Å². The van der Waals surface area contributed by atoms with Crippen molar-refractivity contribution in [3.8, 4) is 0 Å². The van der Waals surface area contributed by atoms with Gasteiger partial charge >= 0.3 is 0 Å². The number of hydrogen-bond donors (Lipinski definition) is 2. The van der Waals surface area contributed by atoms with Crippen molar-refractivity contribution in [3.63, 3.8) is 0 Å². The monoisotopic (exact) mass is 241 g/mol.